The maximum absolute atomic E-state index is 12.5. The average Bonchev–Trinajstić information content (AvgIpc) is 2.77. The van der Waals surface area contributed by atoms with Gasteiger partial charge in [0.05, 0.1) is 13.1 Å². The van der Waals surface area contributed by atoms with Crippen LogP contribution in [0.2, 0.25) is 0 Å². The third-order valence-corrected chi connectivity index (χ3v) is 3.63. The maximum atomic E-state index is 12.5. The fourth-order valence-corrected chi connectivity index (χ4v) is 2.31. The van der Waals surface area contributed by atoms with Gasteiger partial charge in [0.15, 0.2) is 0 Å². The summed E-state index contributed by atoms with van der Waals surface area (Å²) >= 11 is 0. The summed E-state index contributed by atoms with van der Waals surface area (Å²) in [5.74, 6) is -2.67. The largest absolute Gasteiger partial charge is 0.460 e. The number of nitrogens with one attached hydrogen (secondary N) is 3. The summed E-state index contributed by atoms with van der Waals surface area (Å²) < 4.78 is 10.3. The van der Waals surface area contributed by atoms with Crippen LogP contribution in [0.1, 0.15) is 54.4 Å². The van der Waals surface area contributed by atoms with Gasteiger partial charge in [-0.15, -0.1) is 0 Å². The molecule has 0 heterocycles. The number of ether oxygens (including phenoxy) is 2. The number of carbonyl (C=O) groups excluding carboxylic acids is 5. The predicted octanol–water partition coefficient (Wildman–Crippen LogP) is 1.64. The van der Waals surface area contributed by atoms with Gasteiger partial charge in [-0.1, -0.05) is 44.7 Å². The molecule has 0 aromatic heterocycles. The van der Waals surface area contributed by atoms with Gasteiger partial charge in [-0.2, -0.15) is 0 Å². The van der Waals surface area contributed by atoms with Gasteiger partial charge >= 0.3 is 12.1 Å². The Morgan fingerprint density at radius 1 is 1.06 bits per heavy atom. The van der Waals surface area contributed by atoms with E-state index in [2.05, 4.69) is 22.5 Å². The molecule has 0 saturated heterocycles. The van der Waals surface area contributed by atoms with E-state index in [1.165, 1.54) is 6.08 Å². The van der Waals surface area contributed by atoms with Crippen molar-refractivity contribution in [1.82, 2.24) is 16.0 Å². The number of primary amides is 1. The second-order valence-corrected chi connectivity index (χ2v) is 7.84. The first-order valence-electron chi connectivity index (χ1n) is 11.3. The van der Waals surface area contributed by atoms with Crippen LogP contribution in [0, 0.1) is 0 Å². The Bertz CT molecular complexity index is 783. The molecule has 0 aromatic carbocycles. The van der Waals surface area contributed by atoms with Crippen molar-refractivity contribution < 1.29 is 33.4 Å². The molecular formula is C24H40N4O7. The number of amides is 4. The first kappa shape index (κ1) is 33.5. The molecule has 0 aliphatic rings. The maximum Gasteiger partial charge on any atom is 0.408 e. The van der Waals surface area contributed by atoms with Gasteiger partial charge < -0.3 is 31.2 Å². The number of allylic oxidation sites excluding steroid dienone is 3. The van der Waals surface area contributed by atoms with E-state index in [0.29, 0.717) is 5.57 Å². The van der Waals surface area contributed by atoms with Crippen molar-refractivity contribution in [3.8, 4) is 0 Å². The quantitative estimate of drug-likeness (QED) is 0.222. The number of carbonyl (C=O) groups is 5. The molecule has 0 aromatic rings. The van der Waals surface area contributed by atoms with Crippen LogP contribution in [0.4, 0.5) is 4.79 Å². The lowest BCUT2D eigenvalue weighted by Gasteiger charge is -2.21. The highest BCUT2D eigenvalue weighted by Gasteiger charge is 2.25. The lowest BCUT2D eigenvalue weighted by atomic mass is 10.1. The van der Waals surface area contributed by atoms with Crippen LogP contribution < -0.4 is 21.7 Å². The van der Waals surface area contributed by atoms with Crippen molar-refractivity contribution >= 4 is 29.8 Å². The minimum absolute atomic E-state index is 0.0713. The lowest BCUT2D eigenvalue weighted by Crippen LogP contribution is -2.50. The van der Waals surface area contributed by atoms with E-state index >= 15 is 0 Å². The first-order chi connectivity index (χ1) is 16.4. The fraction of sp³-hybridized carbons (Fsp3) is 0.542. The Kier molecular flexibility index (Phi) is 18.0. The van der Waals surface area contributed by atoms with Crippen molar-refractivity contribution in [2.75, 3.05) is 19.7 Å². The number of nitrogens with two attached hydrogens (primary N) is 1. The van der Waals surface area contributed by atoms with Crippen molar-refractivity contribution in [3.05, 3.63) is 36.5 Å². The van der Waals surface area contributed by atoms with Crippen molar-refractivity contribution in [1.29, 1.82) is 0 Å². The van der Waals surface area contributed by atoms with Gasteiger partial charge in [0, 0.05) is 6.42 Å². The van der Waals surface area contributed by atoms with E-state index in [1.807, 2.05) is 13.8 Å². The summed E-state index contributed by atoms with van der Waals surface area (Å²) in [5, 5.41) is 6.93. The molecule has 4 amide bonds. The first-order valence-corrected chi connectivity index (χ1v) is 11.3. The second kappa shape index (κ2) is 18.8. The molecule has 1 atom stereocenters. The van der Waals surface area contributed by atoms with E-state index in [4.69, 9.17) is 15.2 Å². The molecular weight excluding hydrogens is 456 g/mol. The van der Waals surface area contributed by atoms with E-state index in [1.54, 1.807) is 45.9 Å². The molecule has 0 saturated carbocycles. The summed E-state index contributed by atoms with van der Waals surface area (Å²) in [7, 11) is 0. The molecule has 11 nitrogen and oxygen atoms in total. The minimum Gasteiger partial charge on any atom is -0.460 e. The van der Waals surface area contributed by atoms with Gasteiger partial charge in [-0.3, -0.25) is 19.2 Å². The van der Waals surface area contributed by atoms with E-state index < -0.39 is 48.0 Å². The molecule has 5 N–H and O–H groups in total. The lowest BCUT2D eigenvalue weighted by molar-refractivity contribution is -0.155. The zero-order valence-corrected chi connectivity index (χ0v) is 21.6. The van der Waals surface area contributed by atoms with E-state index in [0.717, 1.165) is 0 Å². The van der Waals surface area contributed by atoms with E-state index in [-0.39, 0.29) is 26.0 Å². The summed E-state index contributed by atoms with van der Waals surface area (Å²) in [4.78, 5) is 59.2. The predicted molar refractivity (Wildman–Crippen MR) is 133 cm³/mol. The summed E-state index contributed by atoms with van der Waals surface area (Å²) in [6.45, 7) is 13.6. The zero-order valence-electron chi connectivity index (χ0n) is 21.6. The number of alkyl carbamates (subject to hydrolysis) is 1. The van der Waals surface area contributed by atoms with Crippen LogP contribution in [0.15, 0.2) is 36.5 Å². The van der Waals surface area contributed by atoms with Crippen LogP contribution in [-0.2, 0) is 28.7 Å². The second-order valence-electron chi connectivity index (χ2n) is 7.84. The molecule has 11 heteroatoms. The van der Waals surface area contributed by atoms with Crippen molar-refractivity contribution in [3.63, 3.8) is 0 Å². The molecule has 0 radical (unpaired) electrons. The number of hydrogen-bond acceptors (Lipinski definition) is 7. The number of esters is 1. The average molecular weight is 497 g/mol. The monoisotopic (exact) mass is 496 g/mol. The van der Waals surface area contributed by atoms with Gasteiger partial charge in [0.25, 0.3) is 0 Å². The Morgan fingerprint density at radius 2 is 1.69 bits per heavy atom. The Hall–Kier alpha value is -3.63. The highest BCUT2D eigenvalue weighted by Crippen LogP contribution is 2.10. The van der Waals surface area contributed by atoms with Gasteiger partial charge in [0.2, 0.25) is 17.7 Å². The molecule has 0 fully saturated rings. The Balaban J connectivity index is 0. The molecule has 0 bridgehead atoms. The molecule has 0 aliphatic carbocycles. The highest BCUT2D eigenvalue weighted by atomic mass is 16.6. The van der Waals surface area contributed by atoms with Crippen LogP contribution in [0.25, 0.3) is 0 Å². The van der Waals surface area contributed by atoms with Crippen molar-refractivity contribution in [2.24, 2.45) is 5.73 Å². The number of rotatable bonds is 13. The smallest absolute Gasteiger partial charge is 0.408 e. The molecule has 0 rings (SSSR count). The highest BCUT2D eigenvalue weighted by molar-refractivity contribution is 5.91. The van der Waals surface area contributed by atoms with Crippen molar-refractivity contribution in [2.45, 2.75) is 66.0 Å². The van der Waals surface area contributed by atoms with Crippen LogP contribution >= 0.6 is 0 Å². The SMILES string of the molecule is C=C/C=C(\C=C/C)COC(=O)NC(CCC(=O)OC(C)(C)C)C(=O)NCC(=O)NCC(N)=O.CC. The van der Waals surface area contributed by atoms with Crippen LogP contribution in [0.3, 0.4) is 0 Å². The van der Waals surface area contributed by atoms with Crippen LogP contribution in [0.5, 0.6) is 0 Å². The summed E-state index contributed by atoms with van der Waals surface area (Å²) in [6, 6.07) is -1.18. The van der Waals surface area contributed by atoms with Crippen LogP contribution in [-0.4, -0.2) is 61.1 Å². The fourth-order valence-electron chi connectivity index (χ4n) is 2.31. The topological polar surface area (TPSA) is 166 Å². The normalized spacial score (nSPS) is 11.9. The third-order valence-electron chi connectivity index (χ3n) is 3.63. The minimum atomic E-state index is -1.18. The summed E-state index contributed by atoms with van der Waals surface area (Å²) in [6.07, 6.45) is 5.54. The summed E-state index contributed by atoms with van der Waals surface area (Å²) in [5.41, 5.74) is 4.90. The van der Waals surface area contributed by atoms with Gasteiger partial charge in [-0.05, 0) is 39.7 Å². The van der Waals surface area contributed by atoms with Gasteiger partial charge in [0.1, 0.15) is 18.2 Å². The molecule has 0 aliphatic heterocycles. The zero-order chi connectivity index (χ0) is 27.4. The molecule has 198 valence electrons. The standard InChI is InChI=1S/C22H34N4O7.C2H6/c1-6-8-15(9-7-2)14-32-21(31)26-16(10-11-19(29)33-22(3,4)5)20(30)25-13-18(28)24-12-17(23)27;1-2/h6-9,16H,1,10-14H2,2-5H3,(H2,23,27)(H,24,28)(H,25,30)(H,26,31);1-2H3/b9-7-,15-8+;. The third kappa shape index (κ3) is 19.5. The molecule has 1 unspecified atom stereocenters. The van der Waals surface area contributed by atoms with E-state index in [9.17, 15) is 24.0 Å². The Labute approximate surface area is 207 Å². The van der Waals surface area contributed by atoms with Gasteiger partial charge in [-0.25, -0.2) is 4.79 Å². The Morgan fingerprint density at radius 3 is 2.20 bits per heavy atom. The molecule has 0 spiro atoms. The number of hydrogen-bond donors (Lipinski definition) is 4. The molecule has 35 heavy (non-hydrogen) atoms.